The van der Waals surface area contributed by atoms with E-state index in [1.807, 2.05) is 24.3 Å². The van der Waals surface area contributed by atoms with Crippen LogP contribution < -0.4 is 21.0 Å². The number of fused-ring (bicyclic) bond motifs is 1. The number of nitrogens with one attached hydrogen (secondary N) is 2. The van der Waals surface area contributed by atoms with Gasteiger partial charge in [-0.25, -0.2) is 19.4 Å². The Morgan fingerprint density at radius 2 is 2.03 bits per heavy atom. The van der Waals surface area contributed by atoms with Crippen LogP contribution in [0, 0.1) is 0 Å². The molecule has 0 amide bonds. The van der Waals surface area contributed by atoms with Gasteiger partial charge in [0.2, 0.25) is 0 Å². The molecule has 1 aromatic heterocycles. The van der Waals surface area contributed by atoms with E-state index in [1.54, 1.807) is 19.9 Å². The number of allylic oxidation sites excluding steroid dienone is 1. The zero-order valence-corrected chi connectivity index (χ0v) is 21.5. The minimum Gasteiger partial charge on any atom is -0.462 e. The highest BCUT2D eigenvalue weighted by Crippen LogP contribution is 2.45. The summed E-state index contributed by atoms with van der Waals surface area (Å²) in [7, 11) is -2.38. The average Bonchev–Trinajstić information content (AvgIpc) is 3.44. The summed E-state index contributed by atoms with van der Waals surface area (Å²) < 4.78 is 37.6. The van der Waals surface area contributed by atoms with Gasteiger partial charge < -0.3 is 24.5 Å². The van der Waals surface area contributed by atoms with Crippen molar-refractivity contribution in [2.24, 2.45) is 0 Å². The zero-order valence-electron chi connectivity index (χ0n) is 20.6. The number of ether oxygens (including phenoxy) is 3. The normalized spacial score (nSPS) is 15.4. The highest BCUT2D eigenvalue weighted by atomic mass is 31.2. The Morgan fingerprint density at radius 3 is 2.58 bits per heavy atom. The molecule has 1 fully saturated rings. The van der Waals surface area contributed by atoms with Crippen LogP contribution in [0.1, 0.15) is 31.4 Å². The van der Waals surface area contributed by atoms with E-state index in [9.17, 15) is 14.2 Å². The molecule has 2 heterocycles. The lowest BCUT2D eigenvalue weighted by molar-refractivity contribution is -0.145. The first kappa shape index (κ1) is 29.2. The van der Waals surface area contributed by atoms with Crippen molar-refractivity contribution in [1.82, 2.24) is 15.1 Å². The molecule has 1 saturated heterocycles. The van der Waals surface area contributed by atoms with Crippen LogP contribution >= 0.6 is 7.75 Å². The third-order valence-electron chi connectivity index (χ3n) is 4.50. The second-order valence-electron chi connectivity index (χ2n) is 7.68. The molecule has 2 aliphatic rings. The van der Waals surface area contributed by atoms with Crippen LogP contribution in [0.3, 0.4) is 0 Å². The highest BCUT2D eigenvalue weighted by Gasteiger charge is 2.27. The van der Waals surface area contributed by atoms with Gasteiger partial charge in [-0.1, -0.05) is 24.3 Å². The number of rotatable bonds is 7. The number of hydrogen-bond acceptors (Lipinski definition) is 10. The third-order valence-corrected chi connectivity index (χ3v) is 5.96. The fraction of sp³-hybridized carbons (Fsp3) is 0.435. The Balaban J connectivity index is 0.000000283. The summed E-state index contributed by atoms with van der Waals surface area (Å²) in [6.07, 6.45) is 6.99. The maximum Gasteiger partial charge on any atom is 0.459 e. The maximum atomic E-state index is 12.6. The molecule has 4 rings (SSSR count). The number of aryl methyl sites for hydroxylation is 1. The van der Waals surface area contributed by atoms with E-state index >= 15 is 0 Å². The molecule has 1 aliphatic heterocycles. The lowest BCUT2D eigenvalue weighted by Gasteiger charge is -2.21. The monoisotopic (exact) mass is 524 g/mol. The fourth-order valence-electron chi connectivity index (χ4n) is 2.92. The van der Waals surface area contributed by atoms with Gasteiger partial charge in [-0.3, -0.25) is 14.3 Å². The second kappa shape index (κ2) is 15.2. The summed E-state index contributed by atoms with van der Waals surface area (Å²) in [5.41, 5.74) is 6.77. The van der Waals surface area contributed by atoms with Crippen molar-refractivity contribution in [2.45, 2.75) is 32.8 Å². The van der Waals surface area contributed by atoms with E-state index in [-0.39, 0.29) is 12.6 Å². The molecule has 0 saturated carbocycles. The van der Waals surface area contributed by atoms with Gasteiger partial charge in [-0.15, -0.1) is 0 Å². The Hall–Kier alpha value is -3.02. The molecule has 36 heavy (non-hydrogen) atoms. The second-order valence-corrected chi connectivity index (χ2v) is 9.54. The Morgan fingerprint density at radius 1 is 1.28 bits per heavy atom. The number of aromatic nitrogens is 2. The van der Waals surface area contributed by atoms with Gasteiger partial charge in [-0.05, 0) is 44.4 Å². The number of carbonyl (C=O) groups is 1. The van der Waals surface area contributed by atoms with Crippen LogP contribution in [0.15, 0.2) is 41.3 Å². The first-order valence-corrected chi connectivity index (χ1v) is 12.8. The predicted molar refractivity (Wildman–Crippen MR) is 134 cm³/mol. The molecule has 13 heteroatoms. The lowest BCUT2D eigenvalue weighted by atomic mass is 9.97. The third kappa shape index (κ3) is 10.7. The molecule has 1 aromatic carbocycles. The first-order chi connectivity index (χ1) is 17.2. The van der Waals surface area contributed by atoms with E-state index in [0.717, 1.165) is 37.2 Å². The van der Waals surface area contributed by atoms with Crippen LogP contribution in [0.5, 0.6) is 5.75 Å². The van der Waals surface area contributed by atoms with Crippen molar-refractivity contribution in [2.75, 3.05) is 39.4 Å². The molecule has 12 nitrogen and oxygen atoms in total. The van der Waals surface area contributed by atoms with Gasteiger partial charge in [-0.2, -0.15) is 0 Å². The van der Waals surface area contributed by atoms with Crippen molar-refractivity contribution in [1.29, 1.82) is 0 Å². The molecule has 0 spiro atoms. The molecule has 1 aliphatic carbocycles. The quantitative estimate of drug-likeness (QED) is 0.360. The molecular weight excluding hydrogens is 491 g/mol. The number of benzene rings is 1. The van der Waals surface area contributed by atoms with Crippen LogP contribution in [0.2, 0.25) is 0 Å². The number of carbonyl (C=O) groups excluding carboxylic acids is 1. The van der Waals surface area contributed by atoms with E-state index in [4.69, 9.17) is 29.0 Å². The number of nitrogens with zero attached hydrogens (tertiary/aromatic N) is 1. The van der Waals surface area contributed by atoms with Crippen molar-refractivity contribution >= 4 is 25.6 Å². The van der Waals surface area contributed by atoms with Crippen LogP contribution in [0.25, 0.3) is 6.08 Å². The van der Waals surface area contributed by atoms with Gasteiger partial charge in [0.05, 0.1) is 19.3 Å². The van der Waals surface area contributed by atoms with E-state index in [1.165, 1.54) is 19.4 Å². The number of esters is 1. The summed E-state index contributed by atoms with van der Waals surface area (Å²) in [5.74, 6) is 0.286. The van der Waals surface area contributed by atoms with Crippen molar-refractivity contribution in [3.8, 4) is 5.75 Å². The highest BCUT2D eigenvalue weighted by molar-refractivity contribution is 7.52. The van der Waals surface area contributed by atoms with Gasteiger partial charge in [0.25, 0.3) is 0 Å². The fourth-order valence-corrected chi connectivity index (χ4v) is 3.93. The predicted octanol–water partition coefficient (Wildman–Crippen LogP) is 2.66. The maximum absolute atomic E-state index is 12.6. The zero-order chi connectivity index (χ0) is 26.4. The molecule has 1 unspecified atom stereocenters. The number of anilines is 1. The molecule has 198 valence electrons. The Bertz CT molecular complexity index is 1090. The van der Waals surface area contributed by atoms with Gasteiger partial charge in [0, 0.05) is 18.9 Å². The van der Waals surface area contributed by atoms with E-state index < -0.39 is 19.4 Å². The largest absolute Gasteiger partial charge is 0.462 e. The molecular formula is C23H33N4O8P. The molecule has 0 radical (unpaired) electrons. The average molecular weight is 525 g/mol. The summed E-state index contributed by atoms with van der Waals surface area (Å²) in [6, 6.07) is 7.10. The number of hydrogen-bond donors (Lipinski definition) is 3. The Labute approximate surface area is 209 Å². The van der Waals surface area contributed by atoms with Crippen molar-refractivity contribution in [3.05, 3.63) is 58.1 Å². The van der Waals surface area contributed by atoms with Gasteiger partial charge >= 0.3 is 19.4 Å². The van der Waals surface area contributed by atoms with Crippen molar-refractivity contribution < 1.29 is 32.6 Å². The SMILES string of the molecule is C1COCO1.COP(=O)(NCC(=O)OC(C)C)Oc1cccc2c1C=CCC2.Nc1ccnc(=O)[nH]1. The minimum atomic E-state index is -3.65. The topological polar surface area (TPSA) is 164 Å². The van der Waals surface area contributed by atoms with Gasteiger partial charge in [0.15, 0.2) is 0 Å². The Kier molecular flexibility index (Phi) is 12.3. The van der Waals surface area contributed by atoms with Gasteiger partial charge in [0.1, 0.15) is 24.9 Å². The van der Waals surface area contributed by atoms with Crippen LogP contribution in [-0.4, -0.2) is 55.7 Å². The summed E-state index contributed by atoms with van der Waals surface area (Å²) in [4.78, 5) is 27.4. The summed E-state index contributed by atoms with van der Waals surface area (Å²) >= 11 is 0. The van der Waals surface area contributed by atoms with Crippen LogP contribution in [-0.2, 0) is 34.5 Å². The smallest absolute Gasteiger partial charge is 0.459 e. The van der Waals surface area contributed by atoms with E-state index in [0.29, 0.717) is 18.4 Å². The van der Waals surface area contributed by atoms with Crippen molar-refractivity contribution in [3.63, 3.8) is 0 Å². The number of aromatic amines is 1. The van der Waals surface area contributed by atoms with Crippen LogP contribution in [0.4, 0.5) is 5.82 Å². The molecule has 4 N–H and O–H groups in total. The molecule has 1 atom stereocenters. The lowest BCUT2D eigenvalue weighted by Crippen LogP contribution is -2.26. The summed E-state index contributed by atoms with van der Waals surface area (Å²) in [6.45, 7) is 5.29. The molecule has 2 aromatic rings. The number of H-pyrrole nitrogens is 1. The molecule has 0 bridgehead atoms. The van der Waals surface area contributed by atoms with E-state index in [2.05, 4.69) is 15.1 Å². The standard InChI is InChI=1S/C16H22NO5P.C4H5N3O.C3H6O2/c1-12(2)21-16(18)11-17-23(19,20-3)22-15-10-6-8-13-7-4-5-9-14(13)15;5-3-1-2-6-4(8)7-3;1-2-5-3-4-1/h5-6,8-10,12H,4,7,11H2,1-3H3,(H,17,19);1-2H,(H3,5,6,7,8);1-3H2. The summed E-state index contributed by atoms with van der Waals surface area (Å²) in [5, 5.41) is 2.52. The first-order valence-electron chi connectivity index (χ1n) is 11.3. The minimum absolute atomic E-state index is 0.238. The number of nitrogens with two attached hydrogens (primary N) is 1. The number of nitrogen functional groups attached to an aromatic ring is 1.